The van der Waals surface area contributed by atoms with Gasteiger partial charge in [0.2, 0.25) is 0 Å². The Morgan fingerprint density at radius 1 is 1.31 bits per heavy atom. The van der Waals surface area contributed by atoms with Crippen molar-refractivity contribution in [1.29, 1.82) is 0 Å². The van der Waals surface area contributed by atoms with E-state index < -0.39 is 0 Å². The van der Waals surface area contributed by atoms with E-state index in [0.717, 1.165) is 24.2 Å². The fourth-order valence-corrected chi connectivity index (χ4v) is 1.65. The van der Waals surface area contributed by atoms with Crippen LogP contribution in [0.2, 0.25) is 0 Å². The molecular formula is C14H16N2. The normalized spacial score (nSPS) is 10.3. The summed E-state index contributed by atoms with van der Waals surface area (Å²) in [6, 6.07) is 8.42. The lowest BCUT2D eigenvalue weighted by Crippen LogP contribution is -1.89. The second kappa shape index (κ2) is 4.79. The van der Waals surface area contributed by atoms with Gasteiger partial charge in [0.05, 0.1) is 12.0 Å². The van der Waals surface area contributed by atoms with Crippen molar-refractivity contribution in [1.82, 2.24) is 9.55 Å². The van der Waals surface area contributed by atoms with Crippen molar-refractivity contribution >= 4 is 6.08 Å². The van der Waals surface area contributed by atoms with Gasteiger partial charge in [-0.2, -0.15) is 0 Å². The first-order valence-corrected chi connectivity index (χ1v) is 5.54. The number of aromatic nitrogens is 2. The van der Waals surface area contributed by atoms with Gasteiger partial charge in [-0.05, 0) is 18.1 Å². The van der Waals surface area contributed by atoms with Crippen LogP contribution < -0.4 is 0 Å². The second-order valence-corrected chi connectivity index (χ2v) is 3.82. The van der Waals surface area contributed by atoms with E-state index in [4.69, 9.17) is 0 Å². The quantitative estimate of drug-likeness (QED) is 0.761. The molecule has 0 saturated heterocycles. The van der Waals surface area contributed by atoms with Gasteiger partial charge < -0.3 is 4.57 Å². The van der Waals surface area contributed by atoms with E-state index in [0.29, 0.717) is 0 Å². The van der Waals surface area contributed by atoms with E-state index >= 15 is 0 Å². The molecule has 1 aromatic carbocycles. The molecule has 0 bridgehead atoms. The van der Waals surface area contributed by atoms with E-state index in [9.17, 15) is 0 Å². The van der Waals surface area contributed by atoms with Gasteiger partial charge in [0.25, 0.3) is 0 Å². The molecule has 1 heterocycles. The van der Waals surface area contributed by atoms with E-state index in [1.165, 1.54) is 5.56 Å². The molecule has 2 rings (SSSR count). The summed E-state index contributed by atoms with van der Waals surface area (Å²) >= 11 is 0. The Bertz CT molecular complexity index is 466. The molecule has 16 heavy (non-hydrogen) atoms. The highest BCUT2D eigenvalue weighted by Crippen LogP contribution is 2.10. The first-order valence-electron chi connectivity index (χ1n) is 5.54. The van der Waals surface area contributed by atoms with Crippen molar-refractivity contribution in [3.05, 3.63) is 60.2 Å². The number of hydrogen-bond acceptors (Lipinski definition) is 1. The molecular weight excluding hydrogens is 196 g/mol. The molecule has 0 aliphatic carbocycles. The maximum absolute atomic E-state index is 4.37. The molecule has 0 spiro atoms. The summed E-state index contributed by atoms with van der Waals surface area (Å²) in [4.78, 5) is 4.37. The van der Waals surface area contributed by atoms with Crippen molar-refractivity contribution in [3.8, 4) is 0 Å². The zero-order valence-electron chi connectivity index (χ0n) is 9.56. The zero-order chi connectivity index (χ0) is 11.4. The number of hydrogen-bond donors (Lipinski definition) is 0. The lowest BCUT2D eigenvalue weighted by Gasteiger charge is -1.99. The van der Waals surface area contributed by atoms with E-state index in [2.05, 4.69) is 53.5 Å². The van der Waals surface area contributed by atoms with Crippen molar-refractivity contribution in [2.45, 2.75) is 19.9 Å². The van der Waals surface area contributed by atoms with Gasteiger partial charge in [-0.15, -0.1) is 0 Å². The van der Waals surface area contributed by atoms with E-state index in [1.807, 2.05) is 12.4 Å². The van der Waals surface area contributed by atoms with Crippen LogP contribution in [0.5, 0.6) is 0 Å². The first-order chi connectivity index (χ1) is 7.81. The van der Waals surface area contributed by atoms with Crippen LogP contribution >= 0.6 is 0 Å². The third-order valence-corrected chi connectivity index (χ3v) is 2.65. The maximum atomic E-state index is 4.37. The van der Waals surface area contributed by atoms with Crippen LogP contribution in [0.1, 0.15) is 23.7 Å². The molecule has 0 saturated carbocycles. The fraction of sp³-hybridized carbons (Fsp3) is 0.214. The number of nitrogens with zero attached hydrogens (tertiary/aromatic N) is 2. The van der Waals surface area contributed by atoms with Crippen molar-refractivity contribution in [2.24, 2.45) is 0 Å². The zero-order valence-corrected chi connectivity index (χ0v) is 9.56. The summed E-state index contributed by atoms with van der Waals surface area (Å²) in [5, 5.41) is 0. The Morgan fingerprint density at radius 3 is 2.62 bits per heavy atom. The number of aryl methyl sites for hydroxylation is 1. The largest absolute Gasteiger partial charge is 0.337 e. The topological polar surface area (TPSA) is 17.8 Å². The third-order valence-electron chi connectivity index (χ3n) is 2.65. The molecule has 0 unspecified atom stereocenters. The molecule has 0 N–H and O–H groups in total. The molecule has 0 fully saturated rings. The molecule has 0 aliphatic heterocycles. The molecule has 0 aliphatic rings. The summed E-state index contributed by atoms with van der Waals surface area (Å²) in [5.41, 5.74) is 3.56. The minimum absolute atomic E-state index is 0.893. The van der Waals surface area contributed by atoms with Gasteiger partial charge in [0.15, 0.2) is 0 Å². The van der Waals surface area contributed by atoms with Crippen LogP contribution in [0, 0.1) is 0 Å². The van der Waals surface area contributed by atoms with Crippen LogP contribution in [-0.2, 0) is 13.0 Å². The lowest BCUT2D eigenvalue weighted by atomic mass is 10.1. The minimum Gasteiger partial charge on any atom is -0.337 e. The van der Waals surface area contributed by atoms with Crippen molar-refractivity contribution < 1.29 is 0 Å². The smallest absolute Gasteiger partial charge is 0.0949 e. The van der Waals surface area contributed by atoms with Gasteiger partial charge in [-0.3, -0.25) is 0 Å². The fourth-order valence-electron chi connectivity index (χ4n) is 1.65. The predicted octanol–water partition coefficient (Wildman–Crippen LogP) is 3.14. The van der Waals surface area contributed by atoms with E-state index in [-0.39, 0.29) is 0 Å². The number of benzene rings is 1. The van der Waals surface area contributed by atoms with Gasteiger partial charge in [0.1, 0.15) is 0 Å². The van der Waals surface area contributed by atoms with Gasteiger partial charge >= 0.3 is 0 Å². The van der Waals surface area contributed by atoms with Crippen LogP contribution in [0.4, 0.5) is 0 Å². The lowest BCUT2D eigenvalue weighted by molar-refractivity contribution is 0.761. The minimum atomic E-state index is 0.893. The molecule has 2 heteroatoms. The Kier molecular flexibility index (Phi) is 3.20. The van der Waals surface area contributed by atoms with Crippen LogP contribution in [0.3, 0.4) is 0 Å². The van der Waals surface area contributed by atoms with Gasteiger partial charge in [-0.1, -0.05) is 36.9 Å². The molecule has 1 aromatic heterocycles. The average molecular weight is 212 g/mol. The molecule has 0 amide bonds. The van der Waals surface area contributed by atoms with Crippen LogP contribution in [0.25, 0.3) is 6.08 Å². The molecule has 2 nitrogen and oxygen atoms in total. The predicted molar refractivity (Wildman–Crippen MR) is 67.2 cm³/mol. The molecule has 0 atom stereocenters. The average Bonchev–Trinajstić information content (AvgIpc) is 2.78. The molecule has 82 valence electrons. The van der Waals surface area contributed by atoms with Gasteiger partial charge in [-0.25, -0.2) is 4.98 Å². The van der Waals surface area contributed by atoms with Crippen LogP contribution in [0.15, 0.2) is 43.4 Å². The summed E-state index contributed by atoms with van der Waals surface area (Å²) in [6.45, 7) is 6.83. The van der Waals surface area contributed by atoms with Gasteiger partial charge in [0, 0.05) is 19.2 Å². The molecule has 2 aromatic rings. The Morgan fingerprint density at radius 2 is 2.06 bits per heavy atom. The summed E-state index contributed by atoms with van der Waals surface area (Å²) in [5.74, 6) is 0. The standard InChI is InChI=1S/C14H16N2/c1-3-12-5-7-13(8-6-12)9-14-10-16(4-2)11-15-14/h3,5-8,10-11H,1,4,9H2,2H3. The second-order valence-electron chi connectivity index (χ2n) is 3.82. The maximum Gasteiger partial charge on any atom is 0.0949 e. The number of imidazole rings is 1. The molecule has 0 radical (unpaired) electrons. The highest BCUT2D eigenvalue weighted by Gasteiger charge is 1.99. The Balaban J connectivity index is 2.10. The van der Waals surface area contributed by atoms with Crippen molar-refractivity contribution in [2.75, 3.05) is 0 Å². The van der Waals surface area contributed by atoms with Crippen molar-refractivity contribution in [3.63, 3.8) is 0 Å². The van der Waals surface area contributed by atoms with E-state index in [1.54, 1.807) is 0 Å². The SMILES string of the molecule is C=Cc1ccc(Cc2cn(CC)cn2)cc1. The Hall–Kier alpha value is -1.83. The highest BCUT2D eigenvalue weighted by molar-refractivity contribution is 5.47. The summed E-state index contributed by atoms with van der Waals surface area (Å²) in [6.07, 6.45) is 6.73. The summed E-state index contributed by atoms with van der Waals surface area (Å²) in [7, 11) is 0. The Labute approximate surface area is 96.3 Å². The van der Waals surface area contributed by atoms with Crippen LogP contribution in [-0.4, -0.2) is 9.55 Å². The number of rotatable bonds is 4. The third kappa shape index (κ3) is 2.40. The monoisotopic (exact) mass is 212 g/mol. The summed E-state index contributed by atoms with van der Waals surface area (Å²) < 4.78 is 2.09. The first kappa shape index (κ1) is 10.7. The highest BCUT2D eigenvalue weighted by atomic mass is 15.0.